The van der Waals surface area contributed by atoms with Crippen molar-refractivity contribution in [1.82, 2.24) is 10.2 Å². The number of hydrogen-bond donors (Lipinski definition) is 0. The van der Waals surface area contributed by atoms with E-state index < -0.39 is 11.6 Å². The SMILES string of the molecule is Fc1cc2c(Cl)nnc(-c3cc(Br)sc3Br)c2cc1F. The van der Waals surface area contributed by atoms with Gasteiger partial charge in [0.25, 0.3) is 0 Å². The molecule has 102 valence electrons. The second-order valence-electron chi connectivity index (χ2n) is 3.89. The molecule has 0 N–H and O–H groups in total. The molecule has 0 aliphatic rings. The molecule has 3 aromatic rings. The van der Waals surface area contributed by atoms with Crippen LogP contribution in [-0.4, -0.2) is 10.2 Å². The van der Waals surface area contributed by atoms with E-state index in [-0.39, 0.29) is 5.15 Å². The van der Waals surface area contributed by atoms with E-state index in [1.807, 2.05) is 6.07 Å². The van der Waals surface area contributed by atoms with Crippen LogP contribution in [-0.2, 0) is 0 Å². The van der Waals surface area contributed by atoms with Gasteiger partial charge in [0, 0.05) is 16.3 Å². The first-order valence-electron chi connectivity index (χ1n) is 5.23. The van der Waals surface area contributed by atoms with Crippen molar-refractivity contribution < 1.29 is 8.78 Å². The largest absolute Gasteiger partial charge is 0.204 e. The predicted molar refractivity (Wildman–Crippen MR) is 83.2 cm³/mol. The molecule has 2 heterocycles. The first-order valence-corrected chi connectivity index (χ1v) is 8.01. The Hall–Kier alpha value is -0.630. The second kappa shape index (κ2) is 5.29. The maximum Gasteiger partial charge on any atom is 0.159 e. The lowest BCUT2D eigenvalue weighted by atomic mass is 10.1. The van der Waals surface area contributed by atoms with Crippen LogP contribution in [0.25, 0.3) is 22.0 Å². The molecule has 0 aliphatic carbocycles. The number of nitrogens with zero attached hydrogens (tertiary/aromatic N) is 2. The molecule has 0 aliphatic heterocycles. The third-order valence-corrected chi connectivity index (χ3v) is 5.31. The Labute approximate surface area is 138 Å². The van der Waals surface area contributed by atoms with Gasteiger partial charge in [0.05, 0.1) is 7.57 Å². The smallest absolute Gasteiger partial charge is 0.159 e. The lowest BCUT2D eigenvalue weighted by Crippen LogP contribution is -1.94. The Morgan fingerprint density at radius 3 is 2.25 bits per heavy atom. The molecule has 2 aromatic heterocycles. The summed E-state index contributed by atoms with van der Waals surface area (Å²) in [6.07, 6.45) is 0. The molecule has 8 heteroatoms. The molecule has 2 nitrogen and oxygen atoms in total. The van der Waals surface area contributed by atoms with Crippen LogP contribution in [0.4, 0.5) is 8.78 Å². The number of halogens is 5. The molecule has 0 spiro atoms. The Morgan fingerprint density at radius 1 is 1.00 bits per heavy atom. The quantitative estimate of drug-likeness (QED) is 0.477. The van der Waals surface area contributed by atoms with Crippen molar-refractivity contribution in [3.8, 4) is 11.3 Å². The van der Waals surface area contributed by atoms with Crippen LogP contribution in [0, 0.1) is 11.6 Å². The van der Waals surface area contributed by atoms with E-state index in [9.17, 15) is 8.78 Å². The van der Waals surface area contributed by atoms with E-state index >= 15 is 0 Å². The first-order chi connectivity index (χ1) is 9.47. The van der Waals surface area contributed by atoms with Crippen LogP contribution in [0.1, 0.15) is 0 Å². The number of fused-ring (bicyclic) bond motifs is 1. The zero-order valence-corrected chi connectivity index (χ0v) is 14.2. The summed E-state index contributed by atoms with van der Waals surface area (Å²) in [5.74, 6) is -1.92. The second-order valence-corrected chi connectivity index (χ2v) is 8.00. The van der Waals surface area contributed by atoms with Gasteiger partial charge in [-0.1, -0.05) is 11.6 Å². The van der Waals surface area contributed by atoms with E-state index in [2.05, 4.69) is 42.1 Å². The molecule has 0 unspecified atom stereocenters. The highest BCUT2D eigenvalue weighted by molar-refractivity contribution is 9.12. The molecule has 0 atom stereocenters. The third-order valence-electron chi connectivity index (χ3n) is 2.69. The van der Waals surface area contributed by atoms with Crippen LogP contribution < -0.4 is 0 Å². The van der Waals surface area contributed by atoms with Crippen molar-refractivity contribution in [3.05, 3.63) is 42.6 Å². The summed E-state index contributed by atoms with van der Waals surface area (Å²) < 4.78 is 28.5. The van der Waals surface area contributed by atoms with Gasteiger partial charge in [-0.3, -0.25) is 0 Å². The molecule has 0 saturated heterocycles. The van der Waals surface area contributed by atoms with Gasteiger partial charge in [0.15, 0.2) is 16.8 Å². The van der Waals surface area contributed by atoms with Crippen molar-refractivity contribution in [2.75, 3.05) is 0 Å². The molecule has 0 saturated carbocycles. The molecular formula is C12H3Br2ClF2N2S. The third kappa shape index (κ3) is 2.36. The topological polar surface area (TPSA) is 25.8 Å². The summed E-state index contributed by atoms with van der Waals surface area (Å²) in [6.45, 7) is 0. The number of rotatable bonds is 1. The predicted octanol–water partition coefficient (Wildman–Crippen LogP) is 5.81. The minimum Gasteiger partial charge on any atom is -0.204 e. The molecule has 0 amide bonds. The van der Waals surface area contributed by atoms with Crippen LogP contribution in [0.5, 0.6) is 0 Å². The molecular weight excluding hydrogens is 437 g/mol. The number of hydrogen-bond acceptors (Lipinski definition) is 3. The highest BCUT2D eigenvalue weighted by Gasteiger charge is 2.17. The minimum absolute atomic E-state index is 0.0352. The van der Waals surface area contributed by atoms with Crippen LogP contribution in [0.15, 0.2) is 25.8 Å². The van der Waals surface area contributed by atoms with Gasteiger partial charge < -0.3 is 0 Å². The van der Waals surface area contributed by atoms with Gasteiger partial charge >= 0.3 is 0 Å². The fourth-order valence-electron chi connectivity index (χ4n) is 1.82. The Bertz CT molecular complexity index is 838. The van der Waals surface area contributed by atoms with E-state index in [0.29, 0.717) is 16.5 Å². The number of aromatic nitrogens is 2. The highest BCUT2D eigenvalue weighted by Crippen LogP contribution is 2.41. The Balaban J connectivity index is 2.40. The van der Waals surface area contributed by atoms with Crippen molar-refractivity contribution in [2.45, 2.75) is 0 Å². The maximum absolute atomic E-state index is 13.5. The van der Waals surface area contributed by atoms with Gasteiger partial charge in [-0.15, -0.1) is 21.5 Å². The zero-order valence-electron chi connectivity index (χ0n) is 9.42. The fraction of sp³-hybridized carbons (Fsp3) is 0. The molecule has 1 aromatic carbocycles. The monoisotopic (exact) mass is 438 g/mol. The van der Waals surface area contributed by atoms with E-state index in [1.165, 1.54) is 11.3 Å². The lowest BCUT2D eigenvalue weighted by Gasteiger charge is -2.06. The summed E-state index contributed by atoms with van der Waals surface area (Å²) in [7, 11) is 0. The maximum atomic E-state index is 13.5. The van der Waals surface area contributed by atoms with Crippen molar-refractivity contribution in [1.29, 1.82) is 0 Å². The molecule has 0 bridgehead atoms. The summed E-state index contributed by atoms with van der Waals surface area (Å²) in [6, 6.07) is 3.94. The number of benzene rings is 1. The normalized spacial score (nSPS) is 11.2. The van der Waals surface area contributed by atoms with Gasteiger partial charge in [-0.2, -0.15) is 0 Å². The van der Waals surface area contributed by atoms with E-state index in [1.54, 1.807) is 0 Å². The zero-order chi connectivity index (χ0) is 14.4. The summed E-state index contributed by atoms with van der Waals surface area (Å²) in [4.78, 5) is 0. The molecule has 0 fully saturated rings. The van der Waals surface area contributed by atoms with Crippen molar-refractivity contribution in [3.63, 3.8) is 0 Å². The highest BCUT2D eigenvalue weighted by atomic mass is 79.9. The van der Waals surface area contributed by atoms with E-state index in [0.717, 1.165) is 25.3 Å². The Kier molecular flexibility index (Phi) is 3.79. The summed E-state index contributed by atoms with van der Waals surface area (Å²) in [5.41, 5.74) is 1.18. The molecule has 0 radical (unpaired) electrons. The average Bonchev–Trinajstić information content (AvgIpc) is 2.71. The molecule has 20 heavy (non-hydrogen) atoms. The number of thiophene rings is 1. The molecule has 3 rings (SSSR count). The first kappa shape index (κ1) is 14.3. The minimum atomic E-state index is -0.969. The van der Waals surface area contributed by atoms with Crippen LogP contribution >= 0.6 is 54.8 Å². The standard InChI is InChI=1S/C12H3Br2ClF2N2S/c13-9-3-6(11(14)20-9)10-4-1-7(16)8(17)2-5(4)12(15)19-18-10/h1-3H. The van der Waals surface area contributed by atoms with Crippen LogP contribution in [0.3, 0.4) is 0 Å². The van der Waals surface area contributed by atoms with Gasteiger partial charge in [0.1, 0.15) is 5.69 Å². The average molecular weight is 440 g/mol. The Morgan fingerprint density at radius 2 is 1.65 bits per heavy atom. The summed E-state index contributed by atoms with van der Waals surface area (Å²) in [5, 5.41) is 8.58. The van der Waals surface area contributed by atoms with E-state index in [4.69, 9.17) is 11.6 Å². The lowest BCUT2D eigenvalue weighted by molar-refractivity contribution is 0.511. The van der Waals surface area contributed by atoms with Gasteiger partial charge in [0.2, 0.25) is 0 Å². The van der Waals surface area contributed by atoms with Crippen molar-refractivity contribution >= 4 is 65.6 Å². The van der Waals surface area contributed by atoms with Crippen LogP contribution in [0.2, 0.25) is 5.15 Å². The van der Waals surface area contributed by atoms with Gasteiger partial charge in [-0.25, -0.2) is 8.78 Å². The van der Waals surface area contributed by atoms with Gasteiger partial charge in [-0.05, 0) is 50.1 Å². The van der Waals surface area contributed by atoms with Crippen molar-refractivity contribution in [2.24, 2.45) is 0 Å². The fourth-order valence-corrected chi connectivity index (χ4v) is 4.82. The summed E-state index contributed by atoms with van der Waals surface area (Å²) >= 11 is 14.1.